The highest BCUT2D eigenvalue weighted by atomic mass is 16.6. The molecule has 2 aliphatic carbocycles. The Hall–Kier alpha value is -0.940. The second-order valence-corrected chi connectivity index (χ2v) is 5.14. The zero-order chi connectivity index (χ0) is 12.4. The molecule has 0 atom stereocenters. The Morgan fingerprint density at radius 3 is 1.59 bits per heavy atom. The van der Waals surface area contributed by atoms with Crippen LogP contribution in [0.25, 0.3) is 0 Å². The van der Waals surface area contributed by atoms with Crippen LogP contribution in [0, 0.1) is 0 Å². The molecule has 0 radical (unpaired) electrons. The molecule has 2 saturated carbocycles. The maximum atomic E-state index is 11.5. The summed E-state index contributed by atoms with van der Waals surface area (Å²) < 4.78 is 4.79. The number of carbonyl (C=O) groups is 2. The third-order valence-corrected chi connectivity index (χ3v) is 3.33. The van der Waals surface area contributed by atoms with E-state index in [0.29, 0.717) is 12.1 Å². The summed E-state index contributed by atoms with van der Waals surface area (Å²) in [6.45, 7) is 0.424. The van der Waals surface area contributed by atoms with Crippen molar-refractivity contribution in [2.24, 2.45) is 0 Å². The first-order valence-electron chi connectivity index (χ1n) is 6.20. The van der Waals surface area contributed by atoms with Gasteiger partial charge in [-0.2, -0.15) is 0 Å². The van der Waals surface area contributed by atoms with Gasteiger partial charge in [0.25, 0.3) is 0 Å². The van der Waals surface area contributed by atoms with Crippen LogP contribution in [0.15, 0.2) is 0 Å². The fourth-order valence-electron chi connectivity index (χ4n) is 1.89. The molecule has 5 heteroatoms. The van der Waals surface area contributed by atoms with Gasteiger partial charge in [-0.3, -0.25) is 19.4 Å². The molecule has 0 N–H and O–H groups in total. The first-order valence-corrected chi connectivity index (χ1v) is 6.20. The van der Waals surface area contributed by atoms with E-state index >= 15 is 0 Å². The van der Waals surface area contributed by atoms with Crippen molar-refractivity contribution in [2.75, 3.05) is 27.2 Å². The third-order valence-electron chi connectivity index (χ3n) is 3.33. The Bertz CT molecular complexity index is 281. The van der Waals surface area contributed by atoms with Gasteiger partial charge in [-0.1, -0.05) is 0 Å². The van der Waals surface area contributed by atoms with Crippen LogP contribution in [0.2, 0.25) is 0 Å². The van der Waals surface area contributed by atoms with Gasteiger partial charge in [0.2, 0.25) is 0 Å². The van der Waals surface area contributed by atoms with Gasteiger partial charge in [0.05, 0.1) is 13.1 Å². The maximum absolute atomic E-state index is 11.5. The molecule has 0 amide bonds. The number of ether oxygens (including phenoxy) is 1. The van der Waals surface area contributed by atoms with Crippen LogP contribution in [0.1, 0.15) is 25.7 Å². The summed E-state index contributed by atoms with van der Waals surface area (Å²) >= 11 is 0. The Morgan fingerprint density at radius 2 is 1.29 bits per heavy atom. The van der Waals surface area contributed by atoms with Gasteiger partial charge in [0.1, 0.15) is 0 Å². The van der Waals surface area contributed by atoms with Gasteiger partial charge < -0.3 is 4.74 Å². The van der Waals surface area contributed by atoms with Crippen molar-refractivity contribution in [2.45, 2.75) is 37.8 Å². The lowest BCUT2D eigenvalue weighted by Gasteiger charge is -2.16. The molecule has 0 saturated heterocycles. The number of carbonyl (C=O) groups excluding carboxylic acids is 2. The Balaban J connectivity index is 1.64. The van der Waals surface area contributed by atoms with Gasteiger partial charge in [0, 0.05) is 12.1 Å². The molecule has 2 aliphatic rings. The van der Waals surface area contributed by atoms with Gasteiger partial charge in [0.15, 0.2) is 0 Å². The minimum Gasteiger partial charge on any atom is -0.391 e. The quantitative estimate of drug-likeness (QED) is 0.492. The van der Waals surface area contributed by atoms with E-state index in [1.54, 1.807) is 0 Å². The molecule has 5 nitrogen and oxygen atoms in total. The molecule has 0 aromatic rings. The highest BCUT2D eigenvalue weighted by Gasteiger charge is 2.30. The van der Waals surface area contributed by atoms with Crippen molar-refractivity contribution in [1.82, 2.24) is 9.80 Å². The van der Waals surface area contributed by atoms with E-state index in [1.807, 2.05) is 23.9 Å². The molecule has 2 rings (SSSR count). The Morgan fingerprint density at radius 1 is 0.941 bits per heavy atom. The molecule has 0 bridgehead atoms. The van der Waals surface area contributed by atoms with Crippen molar-refractivity contribution < 1.29 is 14.3 Å². The lowest BCUT2D eigenvalue weighted by molar-refractivity contribution is -0.160. The van der Waals surface area contributed by atoms with Crippen LogP contribution in [0.5, 0.6) is 0 Å². The molecule has 0 spiro atoms. The number of rotatable bonds is 6. The smallest absolute Gasteiger partial charge is 0.327 e. The van der Waals surface area contributed by atoms with Gasteiger partial charge in [-0.05, 0) is 39.8 Å². The van der Waals surface area contributed by atoms with Crippen LogP contribution < -0.4 is 0 Å². The average Bonchev–Trinajstić information content (AvgIpc) is 3.10. The molecule has 0 heterocycles. The molecule has 17 heavy (non-hydrogen) atoms. The first-order chi connectivity index (χ1) is 8.06. The Labute approximate surface area is 102 Å². The van der Waals surface area contributed by atoms with Crippen molar-refractivity contribution in [3.8, 4) is 0 Å². The van der Waals surface area contributed by atoms with E-state index in [2.05, 4.69) is 0 Å². The molecule has 0 unspecified atom stereocenters. The largest absolute Gasteiger partial charge is 0.391 e. The predicted molar refractivity (Wildman–Crippen MR) is 62.4 cm³/mol. The number of hydrogen-bond donors (Lipinski definition) is 0. The van der Waals surface area contributed by atoms with Crippen LogP contribution >= 0.6 is 0 Å². The molecular formula is C12H20N2O3. The van der Waals surface area contributed by atoms with Gasteiger partial charge in [-0.15, -0.1) is 0 Å². The number of likely N-dealkylation sites (N-methyl/N-ethyl adjacent to an activating group) is 2. The minimum atomic E-state index is -0.436. The fraction of sp³-hybridized carbons (Fsp3) is 0.833. The predicted octanol–water partition coefficient (Wildman–Crippen LogP) is 0.245. The van der Waals surface area contributed by atoms with E-state index in [9.17, 15) is 9.59 Å². The van der Waals surface area contributed by atoms with Crippen LogP contribution in [0.3, 0.4) is 0 Å². The molecule has 96 valence electrons. The second-order valence-electron chi connectivity index (χ2n) is 5.14. The van der Waals surface area contributed by atoms with E-state index < -0.39 is 11.9 Å². The molecule has 0 aromatic carbocycles. The minimum absolute atomic E-state index is 0.212. The Kier molecular flexibility index (Phi) is 3.79. The maximum Gasteiger partial charge on any atom is 0.327 e. The number of hydrogen-bond acceptors (Lipinski definition) is 5. The van der Waals surface area contributed by atoms with E-state index in [4.69, 9.17) is 4.74 Å². The number of nitrogens with zero attached hydrogens (tertiary/aromatic N) is 2. The summed E-state index contributed by atoms with van der Waals surface area (Å²) in [4.78, 5) is 26.8. The molecule has 2 fully saturated rings. The zero-order valence-electron chi connectivity index (χ0n) is 10.5. The summed E-state index contributed by atoms with van der Waals surface area (Å²) in [6, 6.07) is 1.01. The van der Waals surface area contributed by atoms with Crippen molar-refractivity contribution >= 4 is 11.9 Å². The standard InChI is InChI=1S/C12H20N2O3/c1-13(9-3-4-9)7-11(15)17-12(16)8-14(2)10-5-6-10/h9-10H,3-8H2,1-2H3. The van der Waals surface area contributed by atoms with E-state index in [-0.39, 0.29) is 13.1 Å². The van der Waals surface area contributed by atoms with Crippen molar-refractivity contribution in [1.29, 1.82) is 0 Å². The first kappa shape index (κ1) is 12.5. The summed E-state index contributed by atoms with van der Waals surface area (Å²) in [5.41, 5.74) is 0. The monoisotopic (exact) mass is 240 g/mol. The highest BCUT2D eigenvalue weighted by molar-refractivity contribution is 5.87. The second kappa shape index (κ2) is 5.14. The van der Waals surface area contributed by atoms with Crippen LogP contribution in [-0.2, 0) is 14.3 Å². The molecule has 0 aromatic heterocycles. The molecule has 0 aliphatic heterocycles. The highest BCUT2D eigenvalue weighted by Crippen LogP contribution is 2.25. The molecular weight excluding hydrogens is 220 g/mol. The SMILES string of the molecule is CN(CC(=O)OC(=O)CN(C)C1CC1)C1CC1. The summed E-state index contributed by atoms with van der Waals surface area (Å²) in [7, 11) is 3.78. The number of esters is 2. The van der Waals surface area contributed by atoms with E-state index in [0.717, 1.165) is 25.7 Å². The van der Waals surface area contributed by atoms with E-state index in [1.165, 1.54) is 0 Å². The average molecular weight is 240 g/mol. The lowest BCUT2D eigenvalue weighted by atomic mass is 10.5. The summed E-state index contributed by atoms with van der Waals surface area (Å²) in [6.07, 6.45) is 4.56. The third kappa shape index (κ3) is 4.09. The van der Waals surface area contributed by atoms with Gasteiger partial charge >= 0.3 is 11.9 Å². The van der Waals surface area contributed by atoms with Gasteiger partial charge in [-0.25, -0.2) is 0 Å². The van der Waals surface area contributed by atoms with Crippen LogP contribution in [0.4, 0.5) is 0 Å². The lowest BCUT2D eigenvalue weighted by Crippen LogP contribution is -2.34. The van der Waals surface area contributed by atoms with Crippen LogP contribution in [-0.4, -0.2) is 61.0 Å². The zero-order valence-corrected chi connectivity index (χ0v) is 10.5. The topological polar surface area (TPSA) is 49.9 Å². The summed E-state index contributed by atoms with van der Waals surface area (Å²) in [5.74, 6) is -0.873. The van der Waals surface area contributed by atoms with Crippen molar-refractivity contribution in [3.05, 3.63) is 0 Å². The summed E-state index contributed by atoms with van der Waals surface area (Å²) in [5, 5.41) is 0. The van der Waals surface area contributed by atoms with Crippen molar-refractivity contribution in [3.63, 3.8) is 0 Å². The normalized spacial score (nSPS) is 19.8. The fourth-order valence-corrected chi connectivity index (χ4v) is 1.89.